The van der Waals surface area contributed by atoms with Gasteiger partial charge < -0.3 is 15.4 Å². The van der Waals surface area contributed by atoms with Crippen molar-refractivity contribution in [1.82, 2.24) is 10.6 Å². The Hall–Kier alpha value is -1.39. The topological polar surface area (TPSA) is 50.4 Å². The van der Waals surface area contributed by atoms with E-state index in [0.717, 1.165) is 13.0 Å². The Morgan fingerprint density at radius 1 is 1.45 bits per heavy atom. The van der Waals surface area contributed by atoms with Gasteiger partial charge in [-0.25, -0.2) is 0 Å². The molecule has 1 fully saturated rings. The van der Waals surface area contributed by atoms with E-state index in [9.17, 15) is 4.79 Å². The fourth-order valence-electron chi connectivity index (χ4n) is 2.70. The summed E-state index contributed by atoms with van der Waals surface area (Å²) in [5.41, 5.74) is 3.60. The number of ether oxygens (including phenoxy) is 1. The van der Waals surface area contributed by atoms with Gasteiger partial charge in [0.2, 0.25) is 5.91 Å². The predicted molar refractivity (Wildman–Crippen MR) is 79.7 cm³/mol. The zero-order valence-electron chi connectivity index (χ0n) is 12.7. The van der Waals surface area contributed by atoms with E-state index >= 15 is 0 Å². The lowest BCUT2D eigenvalue weighted by molar-refractivity contribution is -0.123. The van der Waals surface area contributed by atoms with Crippen LogP contribution in [0, 0.1) is 13.8 Å². The van der Waals surface area contributed by atoms with E-state index in [-0.39, 0.29) is 24.1 Å². The molecule has 0 spiro atoms. The maximum Gasteiger partial charge on any atom is 0.237 e. The minimum atomic E-state index is -0.146. The molecule has 0 radical (unpaired) electrons. The number of methoxy groups -OCH3 is 1. The summed E-state index contributed by atoms with van der Waals surface area (Å²) in [5, 5.41) is 6.30. The lowest BCUT2D eigenvalue weighted by Gasteiger charge is -2.19. The number of hydrogen-bond acceptors (Lipinski definition) is 3. The molecule has 4 nitrogen and oxygen atoms in total. The third-order valence-corrected chi connectivity index (χ3v) is 4.00. The van der Waals surface area contributed by atoms with Gasteiger partial charge in [-0.2, -0.15) is 0 Å². The lowest BCUT2D eigenvalue weighted by atomic mass is 9.99. The van der Waals surface area contributed by atoms with Gasteiger partial charge in [0.15, 0.2) is 0 Å². The molecule has 0 bridgehead atoms. The van der Waals surface area contributed by atoms with Crippen molar-refractivity contribution in [2.75, 3.05) is 13.7 Å². The van der Waals surface area contributed by atoms with Crippen LogP contribution in [0.2, 0.25) is 0 Å². The summed E-state index contributed by atoms with van der Waals surface area (Å²) < 4.78 is 5.27. The van der Waals surface area contributed by atoms with Crippen molar-refractivity contribution in [3.8, 4) is 0 Å². The van der Waals surface area contributed by atoms with Gasteiger partial charge >= 0.3 is 0 Å². The zero-order chi connectivity index (χ0) is 14.7. The van der Waals surface area contributed by atoms with E-state index in [2.05, 4.69) is 42.7 Å². The van der Waals surface area contributed by atoms with Gasteiger partial charge in [-0.15, -0.1) is 0 Å². The van der Waals surface area contributed by atoms with Gasteiger partial charge in [0.1, 0.15) is 0 Å². The van der Waals surface area contributed by atoms with Crippen LogP contribution in [0.4, 0.5) is 0 Å². The predicted octanol–water partition coefficient (Wildman–Crippen LogP) is 1.86. The Morgan fingerprint density at radius 2 is 2.20 bits per heavy atom. The van der Waals surface area contributed by atoms with E-state index in [1.165, 1.54) is 16.7 Å². The number of rotatable bonds is 4. The Morgan fingerprint density at radius 3 is 2.85 bits per heavy atom. The average Bonchev–Trinajstić information content (AvgIpc) is 2.90. The summed E-state index contributed by atoms with van der Waals surface area (Å²) in [6.45, 7) is 6.92. The Bertz CT molecular complexity index is 487. The molecule has 1 aromatic carbocycles. The number of amides is 1. The van der Waals surface area contributed by atoms with Crippen LogP contribution in [0.25, 0.3) is 0 Å². The molecule has 1 aliphatic heterocycles. The molecule has 0 aliphatic carbocycles. The van der Waals surface area contributed by atoms with Gasteiger partial charge in [-0.3, -0.25) is 4.79 Å². The minimum absolute atomic E-state index is 0.0193. The highest BCUT2D eigenvalue weighted by atomic mass is 16.5. The summed E-state index contributed by atoms with van der Waals surface area (Å²) in [6.07, 6.45) is 0.878. The van der Waals surface area contributed by atoms with Crippen LogP contribution in [-0.2, 0) is 9.53 Å². The minimum Gasteiger partial charge on any atom is -0.380 e. The third kappa shape index (κ3) is 3.38. The highest BCUT2D eigenvalue weighted by Gasteiger charge is 2.30. The number of carbonyl (C=O) groups excluding carboxylic acids is 1. The van der Waals surface area contributed by atoms with Crippen LogP contribution < -0.4 is 10.6 Å². The molecule has 1 heterocycles. The molecule has 20 heavy (non-hydrogen) atoms. The standard InChI is InChI=1S/C16H24N2O2/c1-10-5-6-11(2)14(7-10)12(3)18-16(19)15-8-13(20-4)9-17-15/h5-7,12-13,15,17H,8-9H2,1-4H3,(H,18,19). The third-order valence-electron chi connectivity index (χ3n) is 4.00. The number of nitrogens with one attached hydrogen (secondary N) is 2. The van der Waals surface area contributed by atoms with E-state index in [4.69, 9.17) is 4.74 Å². The molecule has 1 amide bonds. The molecule has 4 heteroatoms. The fraction of sp³-hybridized carbons (Fsp3) is 0.562. The van der Waals surface area contributed by atoms with Gasteiger partial charge in [0.25, 0.3) is 0 Å². The Labute approximate surface area is 120 Å². The largest absolute Gasteiger partial charge is 0.380 e. The molecular formula is C16H24N2O2. The number of benzene rings is 1. The number of aryl methyl sites for hydroxylation is 2. The highest BCUT2D eigenvalue weighted by molar-refractivity contribution is 5.82. The summed E-state index contributed by atoms with van der Waals surface area (Å²) in [5.74, 6) is 0.0537. The molecular weight excluding hydrogens is 252 g/mol. The van der Waals surface area contributed by atoms with E-state index in [1.807, 2.05) is 6.92 Å². The first-order valence-corrected chi connectivity index (χ1v) is 7.15. The van der Waals surface area contributed by atoms with Crippen molar-refractivity contribution in [3.63, 3.8) is 0 Å². The van der Waals surface area contributed by atoms with Crippen LogP contribution >= 0.6 is 0 Å². The fourth-order valence-corrected chi connectivity index (χ4v) is 2.70. The molecule has 1 saturated heterocycles. The van der Waals surface area contributed by atoms with Gasteiger partial charge in [-0.05, 0) is 38.3 Å². The number of hydrogen-bond donors (Lipinski definition) is 2. The van der Waals surface area contributed by atoms with Crippen molar-refractivity contribution >= 4 is 5.91 Å². The molecule has 0 aromatic heterocycles. The number of carbonyl (C=O) groups is 1. The second-order valence-corrected chi connectivity index (χ2v) is 5.64. The summed E-state index contributed by atoms with van der Waals surface area (Å²) >= 11 is 0. The van der Waals surface area contributed by atoms with Gasteiger partial charge in [0, 0.05) is 13.7 Å². The average molecular weight is 276 g/mol. The smallest absolute Gasteiger partial charge is 0.237 e. The molecule has 110 valence electrons. The quantitative estimate of drug-likeness (QED) is 0.882. The van der Waals surface area contributed by atoms with Crippen molar-refractivity contribution < 1.29 is 9.53 Å². The molecule has 0 saturated carbocycles. The van der Waals surface area contributed by atoms with Crippen LogP contribution in [0.15, 0.2) is 18.2 Å². The van der Waals surface area contributed by atoms with Crippen LogP contribution in [-0.4, -0.2) is 31.7 Å². The molecule has 3 unspecified atom stereocenters. The summed E-state index contributed by atoms with van der Waals surface area (Å²) in [4.78, 5) is 12.3. The molecule has 1 aliphatic rings. The summed E-state index contributed by atoms with van der Waals surface area (Å²) in [7, 11) is 1.69. The normalized spacial score (nSPS) is 23.6. The Kier molecular flexibility index (Phi) is 4.78. The monoisotopic (exact) mass is 276 g/mol. The molecule has 3 atom stereocenters. The maximum atomic E-state index is 12.3. The van der Waals surface area contributed by atoms with Crippen molar-refractivity contribution in [2.45, 2.75) is 45.4 Å². The second kappa shape index (κ2) is 6.37. The van der Waals surface area contributed by atoms with Crippen LogP contribution in [0.1, 0.15) is 36.1 Å². The van der Waals surface area contributed by atoms with Crippen molar-refractivity contribution in [1.29, 1.82) is 0 Å². The van der Waals surface area contributed by atoms with Crippen LogP contribution in [0.3, 0.4) is 0 Å². The van der Waals surface area contributed by atoms with E-state index in [1.54, 1.807) is 7.11 Å². The van der Waals surface area contributed by atoms with Gasteiger partial charge in [-0.1, -0.05) is 23.8 Å². The van der Waals surface area contributed by atoms with Crippen LogP contribution in [0.5, 0.6) is 0 Å². The lowest BCUT2D eigenvalue weighted by Crippen LogP contribution is -2.41. The summed E-state index contributed by atoms with van der Waals surface area (Å²) in [6, 6.07) is 6.20. The van der Waals surface area contributed by atoms with E-state index in [0.29, 0.717) is 0 Å². The SMILES string of the molecule is COC1CNC(C(=O)NC(C)c2cc(C)ccc2C)C1. The van der Waals surface area contributed by atoms with Gasteiger partial charge in [0.05, 0.1) is 18.2 Å². The molecule has 2 rings (SSSR count). The molecule has 1 aromatic rings. The first-order chi connectivity index (χ1) is 9.51. The maximum absolute atomic E-state index is 12.3. The second-order valence-electron chi connectivity index (χ2n) is 5.64. The van der Waals surface area contributed by atoms with Crippen molar-refractivity contribution in [2.24, 2.45) is 0 Å². The van der Waals surface area contributed by atoms with E-state index < -0.39 is 0 Å². The first-order valence-electron chi connectivity index (χ1n) is 7.15. The highest BCUT2D eigenvalue weighted by Crippen LogP contribution is 2.19. The van der Waals surface area contributed by atoms with Crippen molar-refractivity contribution in [3.05, 3.63) is 34.9 Å². The first kappa shape index (κ1) is 15.0. The Balaban J connectivity index is 1.99. The zero-order valence-corrected chi connectivity index (χ0v) is 12.7. The molecule has 2 N–H and O–H groups in total.